The van der Waals surface area contributed by atoms with E-state index in [2.05, 4.69) is 10.3 Å². The van der Waals surface area contributed by atoms with Crippen LogP contribution in [-0.4, -0.2) is 18.0 Å². The van der Waals surface area contributed by atoms with Gasteiger partial charge in [-0.2, -0.15) is 0 Å². The molecule has 4 nitrogen and oxygen atoms in total. The van der Waals surface area contributed by atoms with Crippen LogP contribution in [0.3, 0.4) is 0 Å². The summed E-state index contributed by atoms with van der Waals surface area (Å²) in [5, 5.41) is 2.27. The molecule has 110 valence electrons. The van der Waals surface area contributed by atoms with Crippen molar-refractivity contribution < 1.29 is 9.53 Å². The number of hydrogen-bond acceptors (Lipinski definition) is 3. The van der Waals surface area contributed by atoms with Gasteiger partial charge < -0.3 is 10.1 Å². The molecule has 6 heteroatoms. The zero-order valence-corrected chi connectivity index (χ0v) is 12.9. The summed E-state index contributed by atoms with van der Waals surface area (Å²) >= 11 is 12.1. The molecule has 0 aliphatic rings. The summed E-state index contributed by atoms with van der Waals surface area (Å²) in [6.07, 6.45) is 3.00. The molecule has 1 unspecified atom stereocenters. The highest BCUT2D eigenvalue weighted by molar-refractivity contribution is 6.35. The molecule has 0 saturated heterocycles. The Bertz CT molecular complexity index is 635. The van der Waals surface area contributed by atoms with Crippen LogP contribution >= 0.6 is 23.2 Å². The predicted octanol–water partition coefficient (Wildman–Crippen LogP) is 3.34. The number of amides is 1. The van der Waals surface area contributed by atoms with E-state index < -0.39 is 5.38 Å². The summed E-state index contributed by atoms with van der Waals surface area (Å²) in [4.78, 5) is 16.0. The molecule has 1 amide bonds. The first-order valence-electron chi connectivity index (χ1n) is 6.26. The maximum atomic E-state index is 12.1. The van der Waals surface area contributed by atoms with Gasteiger partial charge >= 0.3 is 0 Å². The maximum Gasteiger partial charge on any atom is 0.242 e. The standard InChI is InChI=1S/C15H14Cl2N2O2/c1-21-13-5-3-2-4-10(13)8-19-15(20)14(17)11-6-7-18-9-12(11)16/h2-7,9,14H,8H2,1H3,(H,19,20). The number of ether oxygens (including phenoxy) is 1. The van der Waals surface area contributed by atoms with E-state index >= 15 is 0 Å². The first-order chi connectivity index (χ1) is 10.1. The number of alkyl halides is 1. The summed E-state index contributed by atoms with van der Waals surface area (Å²) in [6, 6.07) is 9.08. The second kappa shape index (κ2) is 7.29. The van der Waals surface area contributed by atoms with Crippen molar-refractivity contribution in [3.63, 3.8) is 0 Å². The minimum atomic E-state index is -0.866. The minimum absolute atomic E-state index is 0.323. The van der Waals surface area contributed by atoms with E-state index in [1.807, 2.05) is 24.3 Å². The van der Waals surface area contributed by atoms with Gasteiger partial charge in [-0.15, -0.1) is 11.6 Å². The molecule has 1 atom stereocenters. The number of carbonyl (C=O) groups excluding carboxylic acids is 1. The fourth-order valence-electron chi connectivity index (χ4n) is 1.85. The number of hydrogen-bond donors (Lipinski definition) is 1. The summed E-state index contributed by atoms with van der Waals surface area (Å²) < 4.78 is 5.23. The Morgan fingerprint density at radius 2 is 2.14 bits per heavy atom. The number of carbonyl (C=O) groups is 1. The molecule has 1 aromatic carbocycles. The van der Waals surface area contributed by atoms with Gasteiger partial charge in [0.2, 0.25) is 5.91 Å². The van der Waals surface area contributed by atoms with Crippen LogP contribution in [0.1, 0.15) is 16.5 Å². The van der Waals surface area contributed by atoms with E-state index in [0.29, 0.717) is 22.9 Å². The summed E-state index contributed by atoms with van der Waals surface area (Å²) in [6.45, 7) is 0.328. The Labute approximate surface area is 133 Å². The second-order valence-electron chi connectivity index (χ2n) is 4.29. The first-order valence-corrected chi connectivity index (χ1v) is 7.08. The van der Waals surface area contributed by atoms with E-state index in [1.165, 1.54) is 6.20 Å². The SMILES string of the molecule is COc1ccccc1CNC(=O)C(Cl)c1ccncc1Cl. The van der Waals surface area contributed by atoms with Gasteiger partial charge in [0, 0.05) is 30.1 Å². The van der Waals surface area contributed by atoms with Crippen LogP contribution < -0.4 is 10.1 Å². The summed E-state index contributed by atoms with van der Waals surface area (Å²) in [5.74, 6) is 0.390. The lowest BCUT2D eigenvalue weighted by molar-refractivity contribution is -0.121. The van der Waals surface area contributed by atoms with Gasteiger partial charge in [-0.25, -0.2) is 0 Å². The lowest BCUT2D eigenvalue weighted by Gasteiger charge is -2.13. The van der Waals surface area contributed by atoms with E-state index in [-0.39, 0.29) is 5.91 Å². The van der Waals surface area contributed by atoms with E-state index in [9.17, 15) is 4.79 Å². The molecule has 0 bridgehead atoms. The Morgan fingerprint density at radius 3 is 2.86 bits per heavy atom. The molecule has 1 aromatic heterocycles. The van der Waals surface area contributed by atoms with E-state index in [1.54, 1.807) is 19.4 Å². The molecule has 0 radical (unpaired) electrons. The lowest BCUT2D eigenvalue weighted by atomic mass is 10.1. The normalized spacial score (nSPS) is 11.8. The molecule has 0 saturated carbocycles. The summed E-state index contributed by atoms with van der Waals surface area (Å²) in [5.41, 5.74) is 1.41. The fourth-order valence-corrected chi connectivity index (χ4v) is 2.41. The zero-order chi connectivity index (χ0) is 15.2. The van der Waals surface area contributed by atoms with Crippen molar-refractivity contribution in [1.82, 2.24) is 10.3 Å². The van der Waals surface area contributed by atoms with E-state index in [0.717, 1.165) is 5.56 Å². The van der Waals surface area contributed by atoms with Crippen molar-refractivity contribution in [1.29, 1.82) is 0 Å². The van der Waals surface area contributed by atoms with Crippen LogP contribution in [0, 0.1) is 0 Å². The average molecular weight is 325 g/mol. The first kappa shape index (κ1) is 15.6. The number of nitrogens with one attached hydrogen (secondary N) is 1. The topological polar surface area (TPSA) is 51.2 Å². The molecule has 0 aliphatic carbocycles. The van der Waals surface area contributed by atoms with Crippen LogP contribution in [0.2, 0.25) is 5.02 Å². The summed E-state index contributed by atoms with van der Waals surface area (Å²) in [7, 11) is 1.59. The molecule has 0 aliphatic heterocycles. The molecule has 21 heavy (non-hydrogen) atoms. The molecule has 1 N–H and O–H groups in total. The average Bonchev–Trinajstić information content (AvgIpc) is 2.52. The molecule has 1 heterocycles. The number of benzene rings is 1. The Balaban J connectivity index is 2.03. The Kier molecular flexibility index (Phi) is 5.42. The fraction of sp³-hybridized carbons (Fsp3) is 0.200. The Morgan fingerprint density at radius 1 is 1.38 bits per heavy atom. The van der Waals surface area contributed by atoms with Crippen LogP contribution in [0.4, 0.5) is 0 Å². The highest BCUT2D eigenvalue weighted by Crippen LogP contribution is 2.27. The minimum Gasteiger partial charge on any atom is -0.496 e. The molecule has 2 rings (SSSR count). The van der Waals surface area contributed by atoms with Gasteiger partial charge in [-0.3, -0.25) is 9.78 Å². The van der Waals surface area contributed by atoms with Gasteiger partial charge in [0.1, 0.15) is 11.1 Å². The van der Waals surface area contributed by atoms with Crippen LogP contribution in [0.15, 0.2) is 42.7 Å². The number of rotatable bonds is 5. The van der Waals surface area contributed by atoms with Gasteiger partial charge in [0.25, 0.3) is 0 Å². The number of methoxy groups -OCH3 is 1. The van der Waals surface area contributed by atoms with Crippen LogP contribution in [0.5, 0.6) is 5.75 Å². The van der Waals surface area contributed by atoms with Gasteiger partial charge in [-0.1, -0.05) is 29.8 Å². The molecular formula is C15H14Cl2N2O2. The van der Waals surface area contributed by atoms with Crippen molar-refractivity contribution in [3.05, 3.63) is 58.9 Å². The van der Waals surface area contributed by atoms with Crippen molar-refractivity contribution >= 4 is 29.1 Å². The third kappa shape index (κ3) is 3.86. The largest absolute Gasteiger partial charge is 0.496 e. The third-order valence-corrected chi connectivity index (χ3v) is 3.70. The number of pyridine rings is 1. The molecular weight excluding hydrogens is 311 g/mol. The van der Waals surface area contributed by atoms with Crippen molar-refractivity contribution in [3.8, 4) is 5.75 Å². The predicted molar refractivity (Wildman–Crippen MR) is 82.7 cm³/mol. The molecule has 2 aromatic rings. The number of para-hydroxylation sites is 1. The Hall–Kier alpha value is -1.78. The highest BCUT2D eigenvalue weighted by Gasteiger charge is 2.20. The lowest BCUT2D eigenvalue weighted by Crippen LogP contribution is -2.26. The third-order valence-electron chi connectivity index (χ3n) is 2.95. The molecule has 0 spiro atoms. The molecule has 0 fully saturated rings. The van der Waals surface area contributed by atoms with Gasteiger partial charge in [-0.05, 0) is 12.1 Å². The van der Waals surface area contributed by atoms with Crippen LogP contribution in [0.25, 0.3) is 0 Å². The van der Waals surface area contributed by atoms with Crippen molar-refractivity contribution in [2.24, 2.45) is 0 Å². The number of aromatic nitrogens is 1. The van der Waals surface area contributed by atoms with Crippen LogP contribution in [-0.2, 0) is 11.3 Å². The number of halogens is 2. The monoisotopic (exact) mass is 324 g/mol. The zero-order valence-electron chi connectivity index (χ0n) is 11.3. The smallest absolute Gasteiger partial charge is 0.242 e. The van der Waals surface area contributed by atoms with Gasteiger partial charge in [0.05, 0.1) is 12.1 Å². The van der Waals surface area contributed by atoms with Crippen molar-refractivity contribution in [2.75, 3.05) is 7.11 Å². The second-order valence-corrected chi connectivity index (χ2v) is 5.13. The van der Waals surface area contributed by atoms with E-state index in [4.69, 9.17) is 27.9 Å². The maximum absolute atomic E-state index is 12.1. The van der Waals surface area contributed by atoms with Gasteiger partial charge in [0.15, 0.2) is 0 Å². The van der Waals surface area contributed by atoms with Crippen molar-refractivity contribution in [2.45, 2.75) is 11.9 Å². The number of nitrogens with zero attached hydrogens (tertiary/aromatic N) is 1. The highest BCUT2D eigenvalue weighted by atomic mass is 35.5. The quantitative estimate of drug-likeness (QED) is 0.858.